The predicted octanol–water partition coefficient (Wildman–Crippen LogP) is 5.04. The molecule has 19 heavy (non-hydrogen) atoms. The Kier molecular flexibility index (Phi) is 6.02. The Hall–Kier alpha value is -0.860. The molecule has 1 aromatic carbocycles. The van der Waals surface area contributed by atoms with E-state index in [2.05, 4.69) is 46.8 Å². The van der Waals surface area contributed by atoms with E-state index in [4.69, 9.17) is 0 Å². The Morgan fingerprint density at radius 1 is 1.00 bits per heavy atom. The molecule has 0 aliphatic carbocycles. The van der Waals surface area contributed by atoms with Gasteiger partial charge in [-0.2, -0.15) is 5.06 Å². The maximum atomic E-state index is 10.9. The van der Waals surface area contributed by atoms with Crippen LogP contribution >= 0.6 is 0 Å². The second-order valence-corrected chi connectivity index (χ2v) is 5.73. The molecule has 1 unspecified atom stereocenters. The van der Waals surface area contributed by atoms with Gasteiger partial charge in [-0.1, -0.05) is 65.0 Å². The zero-order chi connectivity index (χ0) is 14.5. The SMILES string of the molecule is CCC(CC)(CC)N(O)C(c1ccccc1)C(C)C. The quantitative estimate of drug-likeness (QED) is 0.696. The van der Waals surface area contributed by atoms with E-state index in [1.807, 2.05) is 18.2 Å². The molecular formula is C17H29NO. The zero-order valence-electron chi connectivity index (χ0n) is 13.1. The van der Waals surface area contributed by atoms with E-state index < -0.39 is 0 Å². The van der Waals surface area contributed by atoms with E-state index >= 15 is 0 Å². The number of hydroxylamine groups is 2. The molecule has 1 aromatic rings. The first-order valence-electron chi connectivity index (χ1n) is 7.55. The summed E-state index contributed by atoms with van der Waals surface area (Å²) in [5.74, 6) is 0.372. The Morgan fingerprint density at radius 2 is 1.47 bits per heavy atom. The van der Waals surface area contributed by atoms with Gasteiger partial charge in [0, 0.05) is 5.54 Å². The van der Waals surface area contributed by atoms with E-state index in [1.54, 1.807) is 5.06 Å². The fraction of sp³-hybridized carbons (Fsp3) is 0.647. The first-order chi connectivity index (χ1) is 9.02. The van der Waals surface area contributed by atoms with Crippen molar-refractivity contribution in [2.45, 2.75) is 65.5 Å². The minimum atomic E-state index is -0.120. The normalized spacial score (nSPS) is 14.1. The molecule has 0 radical (unpaired) electrons. The number of benzene rings is 1. The van der Waals surface area contributed by atoms with E-state index in [-0.39, 0.29) is 11.6 Å². The Labute approximate surface area is 118 Å². The van der Waals surface area contributed by atoms with Crippen molar-refractivity contribution in [3.63, 3.8) is 0 Å². The number of hydrogen-bond donors (Lipinski definition) is 1. The fourth-order valence-corrected chi connectivity index (χ4v) is 2.99. The highest BCUT2D eigenvalue weighted by Gasteiger charge is 2.37. The fourth-order valence-electron chi connectivity index (χ4n) is 2.99. The minimum Gasteiger partial charge on any atom is -0.313 e. The van der Waals surface area contributed by atoms with Crippen LogP contribution in [0.5, 0.6) is 0 Å². The zero-order valence-corrected chi connectivity index (χ0v) is 13.1. The van der Waals surface area contributed by atoms with Crippen LogP contribution in [0.1, 0.15) is 65.5 Å². The first-order valence-corrected chi connectivity index (χ1v) is 7.55. The number of rotatable bonds is 7. The third kappa shape index (κ3) is 3.37. The molecule has 0 heterocycles. The van der Waals surface area contributed by atoms with Crippen molar-refractivity contribution in [1.82, 2.24) is 5.06 Å². The van der Waals surface area contributed by atoms with Crippen LogP contribution in [0, 0.1) is 5.92 Å². The molecule has 0 aromatic heterocycles. The van der Waals surface area contributed by atoms with Crippen molar-refractivity contribution < 1.29 is 5.21 Å². The predicted molar refractivity (Wildman–Crippen MR) is 81.3 cm³/mol. The maximum absolute atomic E-state index is 10.9. The molecule has 0 saturated carbocycles. The number of nitrogens with zero attached hydrogens (tertiary/aromatic N) is 1. The van der Waals surface area contributed by atoms with Gasteiger partial charge in [0.2, 0.25) is 0 Å². The molecule has 0 aliphatic heterocycles. The highest BCUT2D eigenvalue weighted by Crippen LogP contribution is 2.37. The molecule has 2 heteroatoms. The largest absolute Gasteiger partial charge is 0.313 e. The van der Waals surface area contributed by atoms with Gasteiger partial charge in [0.25, 0.3) is 0 Å². The van der Waals surface area contributed by atoms with Crippen molar-refractivity contribution in [2.75, 3.05) is 0 Å². The molecule has 1 atom stereocenters. The topological polar surface area (TPSA) is 23.5 Å². The summed E-state index contributed by atoms with van der Waals surface area (Å²) < 4.78 is 0. The molecule has 0 aliphatic rings. The summed E-state index contributed by atoms with van der Waals surface area (Å²) in [5, 5.41) is 12.5. The van der Waals surface area contributed by atoms with Crippen molar-refractivity contribution in [3.8, 4) is 0 Å². The van der Waals surface area contributed by atoms with Gasteiger partial charge >= 0.3 is 0 Å². The molecule has 0 bridgehead atoms. The number of hydrogen-bond acceptors (Lipinski definition) is 2. The van der Waals surface area contributed by atoms with E-state index in [0.717, 1.165) is 19.3 Å². The van der Waals surface area contributed by atoms with Crippen LogP contribution < -0.4 is 0 Å². The van der Waals surface area contributed by atoms with E-state index in [0.29, 0.717) is 5.92 Å². The minimum absolute atomic E-state index is 0.0565. The highest BCUT2D eigenvalue weighted by atomic mass is 16.5. The van der Waals surface area contributed by atoms with E-state index in [9.17, 15) is 5.21 Å². The maximum Gasteiger partial charge on any atom is 0.0628 e. The molecular weight excluding hydrogens is 234 g/mol. The molecule has 108 valence electrons. The summed E-state index contributed by atoms with van der Waals surface area (Å²) in [4.78, 5) is 0. The summed E-state index contributed by atoms with van der Waals surface area (Å²) in [6, 6.07) is 10.4. The summed E-state index contributed by atoms with van der Waals surface area (Å²) in [7, 11) is 0. The Morgan fingerprint density at radius 3 is 1.84 bits per heavy atom. The van der Waals surface area contributed by atoms with Crippen molar-refractivity contribution in [3.05, 3.63) is 35.9 Å². The van der Waals surface area contributed by atoms with Crippen LogP contribution in [0.2, 0.25) is 0 Å². The third-order valence-electron chi connectivity index (χ3n) is 4.50. The van der Waals surface area contributed by atoms with Crippen LogP contribution in [0.3, 0.4) is 0 Å². The lowest BCUT2D eigenvalue weighted by atomic mass is 9.85. The van der Waals surface area contributed by atoms with Crippen LogP contribution in [-0.4, -0.2) is 15.8 Å². The average molecular weight is 263 g/mol. The summed E-state index contributed by atoms with van der Waals surface area (Å²) in [5.41, 5.74) is 1.07. The van der Waals surface area contributed by atoms with Crippen LogP contribution in [0.4, 0.5) is 0 Å². The van der Waals surface area contributed by atoms with Gasteiger partial charge in [0.1, 0.15) is 0 Å². The monoisotopic (exact) mass is 263 g/mol. The van der Waals surface area contributed by atoms with Gasteiger partial charge in [0.05, 0.1) is 6.04 Å². The molecule has 0 fully saturated rings. The van der Waals surface area contributed by atoms with Crippen LogP contribution in [0.15, 0.2) is 30.3 Å². The molecule has 2 nitrogen and oxygen atoms in total. The Bertz CT molecular complexity index is 349. The molecule has 0 amide bonds. The van der Waals surface area contributed by atoms with Crippen molar-refractivity contribution >= 4 is 0 Å². The molecule has 0 spiro atoms. The lowest BCUT2D eigenvalue weighted by Crippen LogP contribution is -2.48. The lowest BCUT2D eigenvalue weighted by Gasteiger charge is -2.44. The third-order valence-corrected chi connectivity index (χ3v) is 4.50. The van der Waals surface area contributed by atoms with Crippen molar-refractivity contribution in [1.29, 1.82) is 0 Å². The summed E-state index contributed by atoms with van der Waals surface area (Å²) >= 11 is 0. The average Bonchev–Trinajstić information content (AvgIpc) is 2.42. The van der Waals surface area contributed by atoms with Gasteiger partial charge in [-0.25, -0.2) is 0 Å². The Balaban J connectivity index is 3.13. The standard InChI is InChI=1S/C17H29NO/c1-6-17(7-2,8-3)18(19)16(14(4)5)15-12-10-9-11-13-15/h9-14,16,19H,6-8H2,1-5H3. The summed E-state index contributed by atoms with van der Waals surface area (Å²) in [6.45, 7) is 10.8. The van der Waals surface area contributed by atoms with Gasteiger partial charge in [-0.3, -0.25) is 0 Å². The molecule has 0 saturated heterocycles. The van der Waals surface area contributed by atoms with Crippen molar-refractivity contribution in [2.24, 2.45) is 5.92 Å². The first kappa shape index (κ1) is 16.2. The second kappa shape index (κ2) is 7.06. The van der Waals surface area contributed by atoms with Gasteiger partial charge < -0.3 is 5.21 Å². The van der Waals surface area contributed by atoms with Gasteiger partial charge in [0.15, 0.2) is 0 Å². The second-order valence-electron chi connectivity index (χ2n) is 5.73. The lowest BCUT2D eigenvalue weighted by molar-refractivity contribution is -0.219. The van der Waals surface area contributed by atoms with Crippen LogP contribution in [-0.2, 0) is 0 Å². The van der Waals surface area contributed by atoms with E-state index in [1.165, 1.54) is 5.56 Å². The molecule has 1 rings (SSSR count). The smallest absolute Gasteiger partial charge is 0.0628 e. The highest BCUT2D eigenvalue weighted by molar-refractivity contribution is 5.19. The van der Waals surface area contributed by atoms with Gasteiger partial charge in [-0.15, -0.1) is 0 Å². The van der Waals surface area contributed by atoms with Crippen LogP contribution in [0.25, 0.3) is 0 Å². The molecule has 1 N–H and O–H groups in total. The summed E-state index contributed by atoms with van der Waals surface area (Å²) in [6.07, 6.45) is 2.89. The van der Waals surface area contributed by atoms with Gasteiger partial charge in [-0.05, 0) is 30.7 Å².